The van der Waals surface area contributed by atoms with Crippen LogP contribution in [0.15, 0.2) is 11.1 Å². The van der Waals surface area contributed by atoms with Gasteiger partial charge in [0.25, 0.3) is 0 Å². The zero-order chi connectivity index (χ0) is 11.4. The summed E-state index contributed by atoms with van der Waals surface area (Å²) in [4.78, 5) is 31.7. The molecule has 0 aromatic heterocycles. The summed E-state index contributed by atoms with van der Waals surface area (Å²) in [6.45, 7) is 3.22. The van der Waals surface area contributed by atoms with Crippen molar-refractivity contribution in [3.8, 4) is 0 Å². The van der Waals surface area contributed by atoms with Gasteiger partial charge in [0, 0.05) is 17.1 Å². The van der Waals surface area contributed by atoms with Crippen molar-refractivity contribution in [2.45, 2.75) is 20.3 Å². The molecule has 0 spiro atoms. The van der Waals surface area contributed by atoms with Crippen molar-refractivity contribution in [1.29, 1.82) is 0 Å². The van der Waals surface area contributed by atoms with Gasteiger partial charge in [0.05, 0.1) is 0 Å². The van der Waals surface area contributed by atoms with Gasteiger partial charge in [0.1, 0.15) is 5.78 Å². The van der Waals surface area contributed by atoms with Crippen LogP contribution >= 0.6 is 19.2 Å². The molecule has 0 heterocycles. The standard InChI is InChI=1S/C8H14ClO4P/c1-6(3-4-7(2)9)8(10)5-14(11,12)13/h4,6H,3,5H2,1-2H3,(H2,11,12,13)/p-2/b7-4-. The van der Waals surface area contributed by atoms with E-state index >= 15 is 0 Å². The van der Waals surface area contributed by atoms with Crippen molar-refractivity contribution >= 4 is 25.0 Å². The second kappa shape index (κ2) is 5.66. The number of Topliss-reactive ketones (excluding diaryl/α,β-unsaturated/α-hetero) is 1. The zero-order valence-electron chi connectivity index (χ0n) is 8.03. The Bertz CT molecular complexity index is 277. The van der Waals surface area contributed by atoms with Crippen LogP contribution in [0, 0.1) is 5.92 Å². The van der Waals surface area contributed by atoms with Crippen LogP contribution in [0.5, 0.6) is 0 Å². The van der Waals surface area contributed by atoms with Crippen molar-refractivity contribution < 1.29 is 19.1 Å². The Balaban J connectivity index is 4.14. The maximum absolute atomic E-state index is 11.1. The molecular formula is C8H12ClO4P-2. The first-order valence-corrected chi connectivity index (χ1v) is 6.19. The molecule has 1 unspecified atom stereocenters. The summed E-state index contributed by atoms with van der Waals surface area (Å²) in [6, 6.07) is 0. The molecule has 0 aliphatic rings. The fourth-order valence-corrected chi connectivity index (χ4v) is 1.60. The Morgan fingerprint density at radius 3 is 2.43 bits per heavy atom. The van der Waals surface area contributed by atoms with Crippen LogP contribution < -0.4 is 9.79 Å². The molecule has 0 amide bonds. The average Bonchev–Trinajstić information content (AvgIpc) is 1.96. The number of halogens is 1. The van der Waals surface area contributed by atoms with Crippen LogP contribution in [0.2, 0.25) is 0 Å². The first-order chi connectivity index (χ1) is 6.22. The molecule has 82 valence electrons. The van der Waals surface area contributed by atoms with Gasteiger partial charge in [-0.05, 0) is 13.3 Å². The van der Waals surface area contributed by atoms with Crippen LogP contribution in [0.4, 0.5) is 0 Å². The predicted molar refractivity (Wildman–Crippen MR) is 50.9 cm³/mol. The molecule has 0 bridgehead atoms. The van der Waals surface area contributed by atoms with Crippen LogP contribution in [0.25, 0.3) is 0 Å². The van der Waals surface area contributed by atoms with E-state index in [1.165, 1.54) is 0 Å². The lowest BCUT2D eigenvalue weighted by Gasteiger charge is -2.29. The van der Waals surface area contributed by atoms with Crippen molar-refractivity contribution in [3.05, 3.63) is 11.1 Å². The number of rotatable bonds is 5. The molecule has 0 aliphatic carbocycles. The molecule has 0 aromatic rings. The van der Waals surface area contributed by atoms with Gasteiger partial charge in [-0.1, -0.05) is 32.2 Å². The van der Waals surface area contributed by atoms with E-state index in [4.69, 9.17) is 11.6 Å². The van der Waals surface area contributed by atoms with Crippen molar-refractivity contribution in [3.63, 3.8) is 0 Å². The molecule has 0 aliphatic heterocycles. The number of ketones is 1. The Kier molecular flexibility index (Phi) is 5.60. The van der Waals surface area contributed by atoms with Crippen molar-refractivity contribution in [1.82, 2.24) is 0 Å². The van der Waals surface area contributed by atoms with E-state index < -0.39 is 25.5 Å². The highest BCUT2D eigenvalue weighted by atomic mass is 35.5. The topological polar surface area (TPSA) is 80.3 Å². The lowest BCUT2D eigenvalue weighted by molar-refractivity contribution is -0.312. The number of carbonyl (C=O) groups is 1. The molecule has 0 N–H and O–H groups in total. The van der Waals surface area contributed by atoms with Gasteiger partial charge in [-0.15, -0.1) is 0 Å². The Hall–Kier alpha value is -0.150. The van der Waals surface area contributed by atoms with Crippen molar-refractivity contribution in [2.75, 3.05) is 6.16 Å². The van der Waals surface area contributed by atoms with Gasteiger partial charge in [-0.3, -0.25) is 4.79 Å². The Morgan fingerprint density at radius 2 is 2.07 bits per heavy atom. The second-order valence-corrected chi connectivity index (χ2v) is 5.30. The van der Waals surface area contributed by atoms with Crippen molar-refractivity contribution in [2.24, 2.45) is 5.92 Å². The molecule has 1 atom stereocenters. The highest BCUT2D eigenvalue weighted by Crippen LogP contribution is 2.24. The van der Waals surface area contributed by atoms with E-state index in [2.05, 4.69) is 0 Å². The third-order valence-electron chi connectivity index (χ3n) is 1.65. The van der Waals surface area contributed by atoms with E-state index in [-0.39, 0.29) is 0 Å². The van der Waals surface area contributed by atoms with Crippen LogP contribution in [-0.2, 0) is 9.36 Å². The van der Waals surface area contributed by atoms with Crippen LogP contribution in [0.3, 0.4) is 0 Å². The highest BCUT2D eigenvalue weighted by molar-refractivity contribution is 7.49. The van der Waals surface area contributed by atoms with E-state index in [0.29, 0.717) is 11.5 Å². The molecule has 0 fully saturated rings. The minimum Gasteiger partial charge on any atom is -0.810 e. The smallest absolute Gasteiger partial charge is 0.140 e. The molecule has 14 heavy (non-hydrogen) atoms. The maximum atomic E-state index is 11.1. The number of carbonyl (C=O) groups excluding carboxylic acids is 1. The monoisotopic (exact) mass is 238 g/mol. The predicted octanol–water partition coefficient (Wildman–Crippen LogP) is 0.638. The van der Waals surface area contributed by atoms with Gasteiger partial charge in [-0.25, -0.2) is 0 Å². The summed E-state index contributed by atoms with van der Waals surface area (Å²) in [5, 5.41) is 0.539. The number of hydrogen-bond acceptors (Lipinski definition) is 4. The average molecular weight is 239 g/mol. The lowest BCUT2D eigenvalue weighted by atomic mass is 10.0. The Morgan fingerprint density at radius 1 is 1.57 bits per heavy atom. The van der Waals surface area contributed by atoms with Gasteiger partial charge in [-0.2, -0.15) is 0 Å². The third-order valence-corrected chi connectivity index (χ3v) is 2.51. The molecule has 0 saturated carbocycles. The van der Waals surface area contributed by atoms with E-state index in [1.54, 1.807) is 19.9 Å². The van der Waals surface area contributed by atoms with E-state index in [0.717, 1.165) is 0 Å². The largest absolute Gasteiger partial charge is 0.810 e. The second-order valence-electron chi connectivity index (χ2n) is 3.16. The van der Waals surface area contributed by atoms with E-state index in [1.807, 2.05) is 0 Å². The zero-order valence-corrected chi connectivity index (χ0v) is 9.68. The summed E-state index contributed by atoms with van der Waals surface area (Å²) >= 11 is 5.53. The summed E-state index contributed by atoms with van der Waals surface area (Å²) in [5.41, 5.74) is 0. The van der Waals surface area contributed by atoms with Crippen LogP contribution in [0.1, 0.15) is 20.3 Å². The summed E-state index contributed by atoms with van der Waals surface area (Å²) in [5.74, 6) is -1.05. The molecule has 0 rings (SSSR count). The normalized spacial score (nSPS) is 15.4. The van der Waals surface area contributed by atoms with Gasteiger partial charge in [0.2, 0.25) is 0 Å². The van der Waals surface area contributed by atoms with Gasteiger partial charge in [0.15, 0.2) is 0 Å². The highest BCUT2D eigenvalue weighted by Gasteiger charge is 2.12. The fraction of sp³-hybridized carbons (Fsp3) is 0.625. The minimum absolute atomic E-state index is 0.355. The summed E-state index contributed by atoms with van der Waals surface area (Å²) in [6.07, 6.45) is 1.06. The molecular weight excluding hydrogens is 227 g/mol. The molecule has 0 saturated heterocycles. The fourth-order valence-electron chi connectivity index (χ4n) is 0.817. The van der Waals surface area contributed by atoms with Crippen LogP contribution in [-0.4, -0.2) is 11.9 Å². The van der Waals surface area contributed by atoms with Gasteiger partial charge >= 0.3 is 0 Å². The number of allylic oxidation sites excluding steroid dienone is 2. The Labute approximate surface area is 88.1 Å². The first kappa shape index (κ1) is 13.8. The summed E-state index contributed by atoms with van der Waals surface area (Å²) in [7, 11) is -4.73. The third kappa shape index (κ3) is 7.27. The first-order valence-electron chi connectivity index (χ1n) is 4.08. The quantitative estimate of drug-likeness (QED) is 0.658. The molecule has 0 radical (unpaired) electrons. The lowest BCUT2D eigenvalue weighted by Crippen LogP contribution is -2.25. The van der Waals surface area contributed by atoms with E-state index in [9.17, 15) is 19.1 Å². The summed E-state index contributed by atoms with van der Waals surface area (Å²) < 4.78 is 10.3. The van der Waals surface area contributed by atoms with Gasteiger partial charge < -0.3 is 14.4 Å². The minimum atomic E-state index is -4.73. The SMILES string of the molecule is C/C(Cl)=C/CC(C)C(=O)CP(=O)([O-])[O-]. The number of hydrogen-bond donors (Lipinski definition) is 0. The maximum Gasteiger partial charge on any atom is 0.140 e. The molecule has 6 heteroatoms. The molecule has 0 aromatic carbocycles. The molecule has 4 nitrogen and oxygen atoms in total.